The lowest BCUT2D eigenvalue weighted by molar-refractivity contribution is -0.132. The van der Waals surface area contributed by atoms with E-state index in [2.05, 4.69) is 41.5 Å². The zero-order chi connectivity index (χ0) is 25.7. The van der Waals surface area contributed by atoms with Gasteiger partial charge in [-0.3, -0.25) is 9.59 Å². The largest absolute Gasteiger partial charge is 0.484 e. The van der Waals surface area contributed by atoms with E-state index in [0.717, 1.165) is 29.7 Å². The van der Waals surface area contributed by atoms with Crippen LogP contribution in [0.5, 0.6) is 5.75 Å². The quantitative estimate of drug-likeness (QED) is 0.492. The molecule has 1 aliphatic rings. The van der Waals surface area contributed by atoms with Crippen LogP contribution in [-0.2, 0) is 17.8 Å². The summed E-state index contributed by atoms with van der Waals surface area (Å²) in [5, 5.41) is 2.82. The highest BCUT2D eigenvalue weighted by Gasteiger charge is 2.31. The highest BCUT2D eigenvalue weighted by Crippen LogP contribution is 2.37. The number of aromatic nitrogens is 1. The summed E-state index contributed by atoms with van der Waals surface area (Å²) in [6, 6.07) is 14.2. The molecular formula is C28H34N4O4. The number of benzene rings is 2. The lowest BCUT2D eigenvalue weighted by Crippen LogP contribution is -2.40. The van der Waals surface area contributed by atoms with E-state index in [1.165, 1.54) is 11.8 Å². The highest BCUT2D eigenvalue weighted by molar-refractivity contribution is 5.91. The number of oxazole rings is 1. The molecule has 1 N–H and O–H groups in total. The summed E-state index contributed by atoms with van der Waals surface area (Å²) in [5.41, 5.74) is 4.75. The minimum absolute atomic E-state index is 0.0937. The first-order valence-electron chi connectivity index (χ1n) is 12.3. The molecule has 0 radical (unpaired) electrons. The van der Waals surface area contributed by atoms with Crippen molar-refractivity contribution in [3.05, 3.63) is 82.6 Å². The zero-order valence-electron chi connectivity index (χ0n) is 21.4. The van der Waals surface area contributed by atoms with Gasteiger partial charge >= 0.3 is 0 Å². The van der Waals surface area contributed by atoms with Gasteiger partial charge in [0.05, 0.1) is 6.04 Å². The topological polar surface area (TPSA) is 87.9 Å². The second-order valence-electron chi connectivity index (χ2n) is 9.34. The molecule has 2 heterocycles. The number of aryl methyl sites for hydroxylation is 1. The molecule has 36 heavy (non-hydrogen) atoms. The van der Waals surface area contributed by atoms with Crippen molar-refractivity contribution >= 4 is 11.8 Å². The Balaban J connectivity index is 1.50. The number of nitrogens with one attached hydrogen (secondary N) is 1. The van der Waals surface area contributed by atoms with E-state index in [1.54, 1.807) is 0 Å². The van der Waals surface area contributed by atoms with Crippen molar-refractivity contribution in [1.29, 1.82) is 0 Å². The van der Waals surface area contributed by atoms with Gasteiger partial charge < -0.3 is 24.3 Å². The Morgan fingerprint density at radius 1 is 1.22 bits per heavy atom. The van der Waals surface area contributed by atoms with Gasteiger partial charge in [0.25, 0.3) is 5.91 Å². The normalized spacial score (nSPS) is 15.0. The van der Waals surface area contributed by atoms with Crippen molar-refractivity contribution in [3.63, 3.8) is 0 Å². The summed E-state index contributed by atoms with van der Waals surface area (Å²) in [4.78, 5) is 33.3. The van der Waals surface area contributed by atoms with Crippen LogP contribution in [0.1, 0.15) is 58.0 Å². The first kappa shape index (κ1) is 25.4. The van der Waals surface area contributed by atoms with Crippen LogP contribution in [0.3, 0.4) is 0 Å². The SMILES string of the molecule is CCC(=O)N1CCc2ccc(OCc3nc(C(=O)NCCN(C)C)co3)cc2[C@@H]1c1cccc(C)c1. The summed E-state index contributed by atoms with van der Waals surface area (Å²) in [7, 11) is 3.89. The number of fused-ring (bicyclic) bond motifs is 1. The maximum Gasteiger partial charge on any atom is 0.273 e. The molecule has 0 saturated carbocycles. The smallest absolute Gasteiger partial charge is 0.273 e. The summed E-state index contributed by atoms with van der Waals surface area (Å²) in [6.45, 7) is 6.01. The minimum Gasteiger partial charge on any atom is -0.484 e. The van der Waals surface area contributed by atoms with Crippen LogP contribution in [-0.4, -0.2) is 60.3 Å². The average molecular weight is 491 g/mol. The lowest BCUT2D eigenvalue weighted by Gasteiger charge is -2.38. The molecule has 2 amide bonds. The van der Waals surface area contributed by atoms with Crippen molar-refractivity contribution in [2.45, 2.75) is 39.3 Å². The second kappa shape index (κ2) is 11.4. The molecule has 1 aromatic heterocycles. The second-order valence-corrected chi connectivity index (χ2v) is 9.34. The van der Waals surface area contributed by atoms with Crippen molar-refractivity contribution in [1.82, 2.24) is 20.1 Å². The molecule has 8 nitrogen and oxygen atoms in total. The van der Waals surface area contributed by atoms with Crippen LogP contribution < -0.4 is 10.1 Å². The Bertz CT molecular complexity index is 1220. The van der Waals surface area contributed by atoms with E-state index in [4.69, 9.17) is 9.15 Å². The van der Waals surface area contributed by atoms with Gasteiger partial charge in [-0.2, -0.15) is 0 Å². The lowest BCUT2D eigenvalue weighted by atomic mass is 9.87. The fourth-order valence-electron chi connectivity index (χ4n) is 4.46. The molecule has 190 valence electrons. The average Bonchev–Trinajstić information content (AvgIpc) is 3.35. The highest BCUT2D eigenvalue weighted by atomic mass is 16.5. The zero-order valence-corrected chi connectivity index (χ0v) is 21.4. The Morgan fingerprint density at radius 3 is 2.81 bits per heavy atom. The minimum atomic E-state index is -0.276. The van der Waals surface area contributed by atoms with Gasteiger partial charge in [0.2, 0.25) is 11.8 Å². The number of hydrogen-bond donors (Lipinski definition) is 1. The Labute approximate surface area is 212 Å². The van der Waals surface area contributed by atoms with Gasteiger partial charge in [-0.1, -0.05) is 42.8 Å². The third-order valence-electron chi connectivity index (χ3n) is 6.32. The van der Waals surface area contributed by atoms with Crippen molar-refractivity contribution in [2.75, 3.05) is 33.7 Å². The Kier molecular flexibility index (Phi) is 8.05. The number of rotatable bonds is 9. The maximum atomic E-state index is 12.8. The van der Waals surface area contributed by atoms with Crippen molar-refractivity contribution < 1.29 is 18.7 Å². The molecule has 0 aliphatic carbocycles. The van der Waals surface area contributed by atoms with Crippen LogP contribution in [0.15, 0.2) is 53.1 Å². The van der Waals surface area contributed by atoms with Crippen LogP contribution in [0, 0.1) is 6.92 Å². The van der Waals surface area contributed by atoms with Crippen LogP contribution >= 0.6 is 0 Å². The summed E-state index contributed by atoms with van der Waals surface area (Å²) < 4.78 is 11.4. The van der Waals surface area contributed by atoms with Crippen LogP contribution in [0.2, 0.25) is 0 Å². The van der Waals surface area contributed by atoms with E-state index in [-0.39, 0.29) is 30.2 Å². The Morgan fingerprint density at radius 2 is 2.06 bits per heavy atom. The van der Waals surface area contributed by atoms with Gasteiger partial charge in [0.1, 0.15) is 12.0 Å². The van der Waals surface area contributed by atoms with Gasteiger partial charge in [-0.25, -0.2) is 4.98 Å². The van der Waals surface area contributed by atoms with E-state index < -0.39 is 0 Å². The van der Waals surface area contributed by atoms with Crippen molar-refractivity contribution in [2.24, 2.45) is 0 Å². The molecule has 0 fully saturated rings. The number of ether oxygens (including phenoxy) is 1. The van der Waals surface area contributed by atoms with Gasteiger partial charge in [-0.05, 0) is 56.3 Å². The summed E-state index contributed by atoms with van der Waals surface area (Å²) >= 11 is 0. The number of carbonyl (C=O) groups is 2. The van der Waals surface area contributed by atoms with Gasteiger partial charge in [0.15, 0.2) is 12.3 Å². The molecule has 3 aromatic rings. The van der Waals surface area contributed by atoms with Crippen LogP contribution in [0.4, 0.5) is 0 Å². The first-order chi connectivity index (χ1) is 17.4. The third kappa shape index (κ3) is 5.94. The van der Waals surface area contributed by atoms with Gasteiger partial charge in [0, 0.05) is 26.1 Å². The molecule has 4 rings (SSSR count). The number of nitrogens with zero attached hydrogens (tertiary/aromatic N) is 3. The van der Waals surface area contributed by atoms with E-state index >= 15 is 0 Å². The molecule has 1 atom stereocenters. The molecule has 0 spiro atoms. The van der Waals surface area contributed by atoms with E-state index in [0.29, 0.717) is 31.2 Å². The Hall–Kier alpha value is -3.65. The molecule has 2 aromatic carbocycles. The maximum absolute atomic E-state index is 12.8. The third-order valence-corrected chi connectivity index (χ3v) is 6.32. The van der Waals surface area contributed by atoms with Gasteiger partial charge in [-0.15, -0.1) is 0 Å². The number of likely N-dealkylation sites (N-methyl/N-ethyl adjacent to an activating group) is 1. The summed E-state index contributed by atoms with van der Waals surface area (Å²) in [6.07, 6.45) is 2.61. The molecule has 0 unspecified atom stereocenters. The standard InChI is InChI=1S/C28H34N4O4/c1-5-26(33)32-13-11-20-9-10-22(16-23(20)27(32)21-8-6-7-19(2)15-21)35-18-25-30-24(17-36-25)28(34)29-12-14-31(3)4/h6-10,15-17,27H,5,11-14,18H2,1-4H3,(H,29,34)/t27-/m0/s1. The summed E-state index contributed by atoms with van der Waals surface area (Å²) in [5.74, 6) is 0.841. The molecular weight excluding hydrogens is 456 g/mol. The fourth-order valence-corrected chi connectivity index (χ4v) is 4.46. The number of carbonyl (C=O) groups excluding carboxylic acids is 2. The molecule has 0 bridgehead atoms. The van der Waals surface area contributed by atoms with E-state index in [9.17, 15) is 9.59 Å². The monoisotopic (exact) mass is 490 g/mol. The molecule has 1 aliphatic heterocycles. The predicted molar refractivity (Wildman–Crippen MR) is 137 cm³/mol. The fraction of sp³-hybridized carbons (Fsp3) is 0.393. The number of hydrogen-bond acceptors (Lipinski definition) is 6. The predicted octanol–water partition coefficient (Wildman–Crippen LogP) is 3.74. The van der Waals surface area contributed by atoms with E-state index in [1.807, 2.05) is 49.0 Å². The first-order valence-corrected chi connectivity index (χ1v) is 12.3. The van der Waals surface area contributed by atoms with Crippen molar-refractivity contribution in [3.8, 4) is 5.75 Å². The van der Waals surface area contributed by atoms with Crippen LogP contribution in [0.25, 0.3) is 0 Å². The molecule has 8 heteroatoms. The molecule has 0 saturated heterocycles. The number of amides is 2.